The van der Waals surface area contributed by atoms with Crippen LogP contribution in [0, 0.1) is 10.1 Å². The summed E-state index contributed by atoms with van der Waals surface area (Å²) in [5, 5.41) is 14.7. The van der Waals surface area contributed by atoms with E-state index in [2.05, 4.69) is 15.3 Å². The van der Waals surface area contributed by atoms with Crippen molar-refractivity contribution in [2.24, 2.45) is 0 Å². The van der Waals surface area contributed by atoms with Crippen LogP contribution in [0.1, 0.15) is 29.2 Å². The second-order valence-electron chi connectivity index (χ2n) is 6.10. The van der Waals surface area contributed by atoms with E-state index in [-0.39, 0.29) is 15.8 Å². The van der Waals surface area contributed by atoms with Crippen LogP contribution in [0.25, 0.3) is 0 Å². The molecule has 0 aliphatic carbocycles. The predicted molar refractivity (Wildman–Crippen MR) is 104 cm³/mol. The third-order valence-corrected chi connectivity index (χ3v) is 5.86. The SMILES string of the molecule is CC(C)(NC(=O)c1sc([N+](=O)[O-])cc1Sc1ccccn1)c1ccccn1. The first-order chi connectivity index (χ1) is 12.9. The number of amides is 1. The molecule has 3 aromatic heterocycles. The number of carbonyl (C=O) groups is 1. The molecule has 0 aromatic carbocycles. The first kappa shape index (κ1) is 19.0. The maximum atomic E-state index is 12.9. The molecule has 0 spiro atoms. The molecule has 7 nitrogen and oxygen atoms in total. The number of thiophene rings is 1. The van der Waals surface area contributed by atoms with Crippen molar-refractivity contribution in [3.8, 4) is 0 Å². The topological polar surface area (TPSA) is 98.0 Å². The third kappa shape index (κ3) is 4.50. The van der Waals surface area contributed by atoms with Gasteiger partial charge in [0.1, 0.15) is 9.90 Å². The predicted octanol–water partition coefficient (Wildman–Crippen LogP) is 4.26. The van der Waals surface area contributed by atoms with Crippen molar-refractivity contribution in [3.63, 3.8) is 0 Å². The zero-order valence-corrected chi connectivity index (χ0v) is 16.2. The summed E-state index contributed by atoms with van der Waals surface area (Å²) in [6, 6.07) is 12.3. The van der Waals surface area contributed by atoms with Gasteiger partial charge < -0.3 is 5.32 Å². The first-order valence-electron chi connectivity index (χ1n) is 7.98. The van der Waals surface area contributed by atoms with Crippen molar-refractivity contribution >= 4 is 34.0 Å². The van der Waals surface area contributed by atoms with Gasteiger partial charge in [-0.3, -0.25) is 19.9 Å². The second-order valence-corrected chi connectivity index (χ2v) is 8.19. The van der Waals surface area contributed by atoms with Crippen LogP contribution in [0.5, 0.6) is 0 Å². The van der Waals surface area contributed by atoms with Gasteiger partial charge >= 0.3 is 5.00 Å². The van der Waals surface area contributed by atoms with Crippen molar-refractivity contribution in [2.75, 3.05) is 0 Å². The molecule has 1 N–H and O–H groups in total. The number of nitro groups is 1. The van der Waals surface area contributed by atoms with Gasteiger partial charge in [0.2, 0.25) is 0 Å². The molecule has 0 aliphatic heterocycles. The molecule has 3 rings (SSSR count). The van der Waals surface area contributed by atoms with Gasteiger partial charge in [0.25, 0.3) is 5.91 Å². The fourth-order valence-electron chi connectivity index (χ4n) is 2.34. The summed E-state index contributed by atoms with van der Waals surface area (Å²) in [4.78, 5) is 32.9. The summed E-state index contributed by atoms with van der Waals surface area (Å²) in [6.07, 6.45) is 3.29. The highest BCUT2D eigenvalue weighted by atomic mass is 32.2. The lowest BCUT2D eigenvalue weighted by Gasteiger charge is -2.25. The van der Waals surface area contributed by atoms with E-state index >= 15 is 0 Å². The molecule has 0 saturated heterocycles. The lowest BCUT2D eigenvalue weighted by atomic mass is 10.00. The van der Waals surface area contributed by atoms with E-state index < -0.39 is 10.5 Å². The highest BCUT2D eigenvalue weighted by molar-refractivity contribution is 7.99. The molecule has 0 atom stereocenters. The van der Waals surface area contributed by atoms with Crippen molar-refractivity contribution in [3.05, 3.63) is 75.5 Å². The number of carbonyl (C=O) groups excluding carboxylic acids is 1. The molecule has 0 bridgehead atoms. The van der Waals surface area contributed by atoms with Crippen LogP contribution in [-0.2, 0) is 5.54 Å². The van der Waals surface area contributed by atoms with E-state index in [1.165, 1.54) is 17.8 Å². The quantitative estimate of drug-likeness (QED) is 0.490. The average molecular weight is 400 g/mol. The molecule has 1 amide bonds. The Labute approximate surface area is 164 Å². The van der Waals surface area contributed by atoms with E-state index in [1.807, 2.05) is 32.0 Å². The minimum absolute atomic E-state index is 0.0887. The molecule has 138 valence electrons. The Balaban J connectivity index is 1.90. The maximum absolute atomic E-state index is 12.9. The minimum atomic E-state index is -0.732. The molecule has 3 aromatic rings. The number of hydrogen-bond acceptors (Lipinski definition) is 7. The second kappa shape index (κ2) is 7.85. The Morgan fingerprint density at radius 3 is 2.48 bits per heavy atom. The summed E-state index contributed by atoms with van der Waals surface area (Å²) in [5.41, 5.74) is -0.0346. The molecular weight excluding hydrogens is 384 g/mol. The lowest BCUT2D eigenvalue weighted by molar-refractivity contribution is -0.380. The van der Waals surface area contributed by atoms with E-state index in [4.69, 9.17) is 0 Å². The van der Waals surface area contributed by atoms with Gasteiger partial charge in [-0.2, -0.15) is 0 Å². The van der Waals surface area contributed by atoms with Crippen molar-refractivity contribution in [1.82, 2.24) is 15.3 Å². The van der Waals surface area contributed by atoms with Crippen molar-refractivity contribution in [2.45, 2.75) is 29.3 Å². The van der Waals surface area contributed by atoms with Crippen LogP contribution in [-0.4, -0.2) is 20.8 Å². The minimum Gasteiger partial charge on any atom is -0.341 e. The Bertz CT molecular complexity index is 959. The van der Waals surface area contributed by atoms with E-state index in [0.29, 0.717) is 15.6 Å². The Morgan fingerprint density at radius 2 is 1.89 bits per heavy atom. The molecule has 3 heterocycles. The molecule has 27 heavy (non-hydrogen) atoms. The monoisotopic (exact) mass is 400 g/mol. The van der Waals surface area contributed by atoms with Crippen LogP contribution < -0.4 is 5.32 Å². The van der Waals surface area contributed by atoms with Crippen LogP contribution in [0.4, 0.5) is 5.00 Å². The summed E-state index contributed by atoms with van der Waals surface area (Å²) in [7, 11) is 0. The van der Waals surface area contributed by atoms with Crippen LogP contribution in [0.3, 0.4) is 0 Å². The highest BCUT2D eigenvalue weighted by Gasteiger charge is 2.29. The summed E-state index contributed by atoms with van der Waals surface area (Å²) < 4.78 is 0. The average Bonchev–Trinajstić information content (AvgIpc) is 3.07. The summed E-state index contributed by atoms with van der Waals surface area (Å²) in [6.45, 7) is 3.67. The Morgan fingerprint density at radius 1 is 1.19 bits per heavy atom. The molecule has 0 saturated carbocycles. The fourth-order valence-corrected chi connectivity index (χ4v) is 4.27. The number of pyridine rings is 2. The molecular formula is C18H16N4O3S2. The number of nitrogens with zero attached hydrogens (tertiary/aromatic N) is 3. The molecule has 0 aliphatic rings. The Kier molecular flexibility index (Phi) is 5.52. The smallest absolute Gasteiger partial charge is 0.326 e. The molecule has 0 fully saturated rings. The van der Waals surface area contributed by atoms with E-state index in [9.17, 15) is 14.9 Å². The highest BCUT2D eigenvalue weighted by Crippen LogP contribution is 2.38. The largest absolute Gasteiger partial charge is 0.341 e. The van der Waals surface area contributed by atoms with E-state index in [0.717, 1.165) is 11.3 Å². The van der Waals surface area contributed by atoms with Gasteiger partial charge in [-0.15, -0.1) is 0 Å². The summed E-state index contributed by atoms with van der Waals surface area (Å²) >= 11 is 2.07. The summed E-state index contributed by atoms with van der Waals surface area (Å²) in [5.74, 6) is -0.387. The van der Waals surface area contributed by atoms with Crippen molar-refractivity contribution in [1.29, 1.82) is 0 Å². The van der Waals surface area contributed by atoms with E-state index in [1.54, 1.807) is 30.6 Å². The van der Waals surface area contributed by atoms with Crippen LogP contribution in [0.15, 0.2) is 64.8 Å². The fraction of sp³-hybridized carbons (Fsp3) is 0.167. The maximum Gasteiger partial charge on any atom is 0.326 e. The molecule has 0 unspecified atom stereocenters. The van der Waals surface area contributed by atoms with Crippen LogP contribution in [0.2, 0.25) is 0 Å². The normalized spacial score (nSPS) is 11.2. The van der Waals surface area contributed by atoms with Crippen LogP contribution >= 0.6 is 23.1 Å². The van der Waals surface area contributed by atoms with Gasteiger partial charge in [-0.1, -0.05) is 35.2 Å². The Hall–Kier alpha value is -2.78. The van der Waals surface area contributed by atoms with Gasteiger partial charge in [0.05, 0.1) is 16.2 Å². The van der Waals surface area contributed by atoms with Gasteiger partial charge in [-0.05, 0) is 38.1 Å². The molecule has 9 heteroatoms. The standard InChI is InChI=1S/C18H16N4O3S2/c1-18(2,13-7-3-5-9-19-13)21-17(23)16-12(11-15(27-16)22(24)25)26-14-8-4-6-10-20-14/h3-11H,1-2H3,(H,21,23). The van der Waals surface area contributed by atoms with Gasteiger partial charge in [-0.25, -0.2) is 4.98 Å². The number of hydrogen-bond donors (Lipinski definition) is 1. The third-order valence-electron chi connectivity index (χ3n) is 3.65. The zero-order valence-electron chi connectivity index (χ0n) is 14.6. The number of rotatable bonds is 6. The first-order valence-corrected chi connectivity index (χ1v) is 9.61. The van der Waals surface area contributed by atoms with Gasteiger partial charge in [0.15, 0.2) is 0 Å². The van der Waals surface area contributed by atoms with Crippen molar-refractivity contribution < 1.29 is 9.72 Å². The number of aromatic nitrogens is 2. The van der Waals surface area contributed by atoms with Gasteiger partial charge in [0, 0.05) is 23.4 Å². The zero-order chi connectivity index (χ0) is 19.4. The lowest BCUT2D eigenvalue weighted by Crippen LogP contribution is -2.41. The molecule has 0 radical (unpaired) electrons. The number of nitrogens with one attached hydrogen (secondary N) is 1.